The molecule has 0 atom stereocenters. The van der Waals surface area contributed by atoms with Gasteiger partial charge in [0.1, 0.15) is 16.7 Å². The molecule has 4 N–H and O–H groups in total. The van der Waals surface area contributed by atoms with Crippen molar-refractivity contribution in [1.82, 2.24) is 4.90 Å². The van der Waals surface area contributed by atoms with Crippen molar-refractivity contribution in [2.24, 2.45) is 16.6 Å². The zero-order chi connectivity index (χ0) is 21.1. The number of amidine groups is 1. The van der Waals surface area contributed by atoms with Gasteiger partial charge in [-0.2, -0.15) is 0 Å². The van der Waals surface area contributed by atoms with Crippen LogP contribution in [0.5, 0.6) is 0 Å². The summed E-state index contributed by atoms with van der Waals surface area (Å²) >= 11 is 1.23. The number of rotatable bonds is 4. The Morgan fingerprint density at radius 2 is 1.77 bits per heavy atom. The Morgan fingerprint density at radius 1 is 1.03 bits per heavy atom. The Balaban J connectivity index is 1.73. The number of hydrogen-bond donors (Lipinski definition) is 2. The molecule has 1 aliphatic rings. The minimum Gasteiger partial charge on any atom is -0.390 e. The Bertz CT molecular complexity index is 1110. The smallest absolute Gasteiger partial charge is 0.180 e. The number of nitrogens with two attached hydrogens (primary N) is 2. The van der Waals surface area contributed by atoms with E-state index in [1.165, 1.54) is 34.5 Å². The molecule has 0 spiro atoms. The first-order valence-corrected chi connectivity index (χ1v) is 10.3. The van der Waals surface area contributed by atoms with Crippen LogP contribution in [0.25, 0.3) is 0 Å². The average Bonchev–Trinajstić information content (AvgIpc) is 2.75. The number of halogens is 1. The van der Waals surface area contributed by atoms with E-state index in [1.54, 1.807) is 12.1 Å². The van der Waals surface area contributed by atoms with Crippen molar-refractivity contribution in [3.8, 4) is 0 Å². The number of aliphatic imine (C=N–C) groups is 1. The van der Waals surface area contributed by atoms with E-state index in [2.05, 4.69) is 17.0 Å². The summed E-state index contributed by atoms with van der Waals surface area (Å²) in [6.45, 7) is 0.683. The van der Waals surface area contributed by atoms with Gasteiger partial charge in [-0.15, -0.1) is 0 Å². The van der Waals surface area contributed by atoms with Gasteiger partial charge in [0.25, 0.3) is 0 Å². The van der Waals surface area contributed by atoms with E-state index in [0.717, 1.165) is 17.1 Å². The summed E-state index contributed by atoms with van der Waals surface area (Å²) in [4.78, 5) is 7.56. The van der Waals surface area contributed by atoms with Crippen molar-refractivity contribution >= 4 is 23.3 Å². The van der Waals surface area contributed by atoms with E-state index in [1.807, 2.05) is 49.5 Å². The van der Waals surface area contributed by atoms with E-state index in [4.69, 9.17) is 16.6 Å². The number of para-hydroxylation sites is 1. The fraction of sp³-hybridized carbons (Fsp3) is 0.0870. The van der Waals surface area contributed by atoms with Crippen LogP contribution >= 0.6 is 11.8 Å². The first-order valence-electron chi connectivity index (χ1n) is 9.44. The van der Waals surface area contributed by atoms with E-state index >= 15 is 0 Å². The number of benzene rings is 3. The molecule has 0 radical (unpaired) electrons. The van der Waals surface area contributed by atoms with Gasteiger partial charge in [-0.25, -0.2) is 15.2 Å². The van der Waals surface area contributed by atoms with Crippen molar-refractivity contribution in [3.63, 3.8) is 0 Å². The quantitative estimate of drug-likeness (QED) is 0.488. The maximum absolute atomic E-state index is 13.6. The molecule has 5 nitrogen and oxygen atoms in total. The van der Waals surface area contributed by atoms with Gasteiger partial charge < -0.3 is 10.6 Å². The normalized spacial score (nSPS) is 14.8. The van der Waals surface area contributed by atoms with Crippen LogP contribution in [0.2, 0.25) is 0 Å². The molecule has 152 valence electrons. The molecule has 3 aromatic rings. The number of thioether (sulfide) groups is 1. The predicted octanol–water partition coefficient (Wildman–Crippen LogP) is 4.28. The summed E-state index contributed by atoms with van der Waals surface area (Å²) in [5.41, 5.74) is 9.26. The molecule has 3 aromatic carbocycles. The second-order valence-corrected chi connectivity index (χ2v) is 8.03. The molecule has 4 rings (SSSR count). The molecular formula is C23H22FN5S. The van der Waals surface area contributed by atoms with Crippen molar-refractivity contribution in [2.75, 3.05) is 12.1 Å². The van der Waals surface area contributed by atoms with Crippen LogP contribution in [0.4, 0.5) is 10.1 Å². The maximum Gasteiger partial charge on any atom is 0.180 e. The summed E-state index contributed by atoms with van der Waals surface area (Å²) in [6, 6.07) is 24.2. The van der Waals surface area contributed by atoms with Crippen LogP contribution < -0.4 is 16.6 Å². The first kappa shape index (κ1) is 20.0. The van der Waals surface area contributed by atoms with Crippen LogP contribution in [-0.4, -0.2) is 17.8 Å². The van der Waals surface area contributed by atoms with Gasteiger partial charge in [0.2, 0.25) is 0 Å². The SMILES string of the molecule is CN(Cc1ccccc1)C1=N/C(=C(/N)Sc2cccc(F)c2)N(N)c2ccccc21. The molecule has 0 amide bonds. The lowest BCUT2D eigenvalue weighted by Crippen LogP contribution is -2.39. The maximum atomic E-state index is 13.6. The first-order chi connectivity index (χ1) is 14.5. The highest BCUT2D eigenvalue weighted by atomic mass is 32.2. The van der Waals surface area contributed by atoms with Gasteiger partial charge in [-0.05, 0) is 35.9 Å². The molecule has 7 heteroatoms. The molecule has 0 saturated heterocycles. The molecule has 0 saturated carbocycles. The molecule has 0 fully saturated rings. The average molecular weight is 420 g/mol. The Hall–Kier alpha value is -3.29. The molecule has 0 unspecified atom stereocenters. The second-order valence-electron chi connectivity index (χ2n) is 6.91. The standard InChI is InChI=1S/C23H22FN5S/c1-28(15-16-8-3-2-4-9-16)22-19-12-5-6-13-20(19)29(26)23(27-22)21(25)30-18-11-7-10-17(24)14-18/h2-14H,15,25-26H2,1H3/b23-21+. The number of nitrogens with zero attached hydrogens (tertiary/aromatic N) is 3. The third-order valence-electron chi connectivity index (χ3n) is 4.71. The Morgan fingerprint density at radius 3 is 2.53 bits per heavy atom. The number of hydrazine groups is 1. The number of hydrogen-bond acceptors (Lipinski definition) is 6. The van der Waals surface area contributed by atoms with Crippen molar-refractivity contribution in [2.45, 2.75) is 11.4 Å². The summed E-state index contributed by atoms with van der Waals surface area (Å²) < 4.78 is 13.6. The molecule has 1 aliphatic heterocycles. The molecule has 0 bridgehead atoms. The Labute approximate surface area is 179 Å². The number of anilines is 1. The molecule has 30 heavy (non-hydrogen) atoms. The fourth-order valence-corrected chi connectivity index (χ4v) is 4.11. The van der Waals surface area contributed by atoms with Crippen LogP contribution in [0.15, 0.2) is 99.6 Å². The summed E-state index contributed by atoms with van der Waals surface area (Å²) in [5.74, 6) is 7.26. The van der Waals surface area contributed by atoms with Crippen LogP contribution in [0.3, 0.4) is 0 Å². The van der Waals surface area contributed by atoms with Gasteiger partial charge in [0.05, 0.1) is 5.69 Å². The van der Waals surface area contributed by atoms with Crippen LogP contribution in [-0.2, 0) is 6.54 Å². The summed E-state index contributed by atoms with van der Waals surface area (Å²) in [5, 5.41) is 1.87. The molecule has 0 aliphatic carbocycles. The van der Waals surface area contributed by atoms with Gasteiger partial charge in [0.15, 0.2) is 5.82 Å². The zero-order valence-corrected chi connectivity index (χ0v) is 17.3. The third-order valence-corrected chi connectivity index (χ3v) is 5.61. The lowest BCUT2D eigenvalue weighted by molar-refractivity contribution is 0.499. The summed E-state index contributed by atoms with van der Waals surface area (Å²) in [7, 11) is 1.99. The lowest BCUT2D eigenvalue weighted by atomic mass is 10.1. The third kappa shape index (κ3) is 4.17. The van der Waals surface area contributed by atoms with E-state index in [-0.39, 0.29) is 5.82 Å². The highest BCUT2D eigenvalue weighted by Crippen LogP contribution is 2.34. The lowest BCUT2D eigenvalue weighted by Gasteiger charge is -2.32. The van der Waals surface area contributed by atoms with Crippen LogP contribution in [0, 0.1) is 5.82 Å². The zero-order valence-electron chi connectivity index (χ0n) is 16.5. The van der Waals surface area contributed by atoms with Gasteiger partial charge in [-0.3, -0.25) is 5.01 Å². The van der Waals surface area contributed by atoms with E-state index < -0.39 is 0 Å². The highest BCUT2D eigenvalue weighted by molar-refractivity contribution is 8.03. The minimum atomic E-state index is -0.317. The molecule has 1 heterocycles. The fourth-order valence-electron chi connectivity index (χ4n) is 3.30. The monoisotopic (exact) mass is 419 g/mol. The second kappa shape index (κ2) is 8.61. The van der Waals surface area contributed by atoms with Crippen LogP contribution in [0.1, 0.15) is 11.1 Å². The molecule has 0 aromatic heterocycles. The van der Waals surface area contributed by atoms with Crippen molar-refractivity contribution in [1.29, 1.82) is 0 Å². The predicted molar refractivity (Wildman–Crippen MR) is 121 cm³/mol. The van der Waals surface area contributed by atoms with E-state index in [9.17, 15) is 4.39 Å². The van der Waals surface area contributed by atoms with Crippen molar-refractivity contribution < 1.29 is 4.39 Å². The highest BCUT2D eigenvalue weighted by Gasteiger charge is 2.26. The van der Waals surface area contributed by atoms with Crippen molar-refractivity contribution in [3.05, 3.63) is 107 Å². The summed E-state index contributed by atoms with van der Waals surface area (Å²) in [6.07, 6.45) is 0. The topological polar surface area (TPSA) is 70.9 Å². The number of fused-ring (bicyclic) bond motifs is 1. The largest absolute Gasteiger partial charge is 0.390 e. The minimum absolute atomic E-state index is 0.317. The van der Waals surface area contributed by atoms with E-state index in [0.29, 0.717) is 22.3 Å². The van der Waals surface area contributed by atoms with Gasteiger partial charge in [0, 0.05) is 24.1 Å². The Kier molecular flexibility index (Phi) is 5.74. The molecular weight excluding hydrogens is 397 g/mol. The van der Waals surface area contributed by atoms with Gasteiger partial charge in [-0.1, -0.05) is 60.3 Å². The van der Waals surface area contributed by atoms with Gasteiger partial charge >= 0.3 is 0 Å².